The maximum atomic E-state index is 13.4. The largest absolute Gasteiger partial charge is 0.493 e. The smallest absolute Gasteiger partial charge is 0.243 e. The first kappa shape index (κ1) is 24.2. The number of anilines is 1. The lowest BCUT2D eigenvalue weighted by molar-refractivity contribution is 0.222. The number of hydrogen-bond donors (Lipinski definition) is 1. The summed E-state index contributed by atoms with van der Waals surface area (Å²) in [6.07, 6.45) is 1.80. The number of aromatic nitrogens is 2. The highest BCUT2D eigenvalue weighted by Gasteiger charge is 2.31. The fourth-order valence-electron chi connectivity index (χ4n) is 4.19. The molecule has 2 aliphatic heterocycles. The van der Waals surface area contributed by atoms with Crippen LogP contribution in [0, 0.1) is 0 Å². The number of halogens is 1. The first-order valence-electron chi connectivity index (χ1n) is 11.3. The Bertz CT molecular complexity index is 1160. The van der Waals surface area contributed by atoms with Gasteiger partial charge < -0.3 is 15.0 Å². The summed E-state index contributed by atoms with van der Waals surface area (Å²) in [5, 5.41) is 8.08. The van der Waals surface area contributed by atoms with Crippen molar-refractivity contribution in [1.29, 1.82) is 0 Å². The number of alkyl halides is 1. The van der Waals surface area contributed by atoms with Crippen molar-refractivity contribution in [2.45, 2.75) is 36.5 Å². The Hall–Kier alpha value is -1.95. The molecule has 4 rings (SSSR count). The van der Waals surface area contributed by atoms with Crippen molar-refractivity contribution in [2.75, 3.05) is 45.2 Å². The molecule has 2 aliphatic rings. The van der Waals surface area contributed by atoms with Crippen molar-refractivity contribution in [1.82, 2.24) is 19.0 Å². The number of fused-ring (bicyclic) bond motifs is 1. The Kier molecular flexibility index (Phi) is 7.13. The fourth-order valence-corrected chi connectivity index (χ4v) is 6.37. The quantitative estimate of drug-likeness (QED) is 0.430. The van der Waals surface area contributed by atoms with E-state index in [1.54, 1.807) is 22.5 Å². The van der Waals surface area contributed by atoms with E-state index in [-0.39, 0.29) is 9.85 Å². The summed E-state index contributed by atoms with van der Waals surface area (Å²) in [6.45, 7) is 6.86. The summed E-state index contributed by atoms with van der Waals surface area (Å²) < 4.78 is 36.0. The van der Waals surface area contributed by atoms with E-state index in [9.17, 15) is 8.42 Å². The van der Waals surface area contributed by atoms with Gasteiger partial charge in [0, 0.05) is 33.2 Å². The highest BCUT2D eigenvalue weighted by Crippen LogP contribution is 2.39. The van der Waals surface area contributed by atoms with Crippen LogP contribution in [0.3, 0.4) is 0 Å². The zero-order chi connectivity index (χ0) is 23.8. The van der Waals surface area contributed by atoms with Crippen molar-refractivity contribution in [3.05, 3.63) is 35.2 Å². The molecule has 180 valence electrons. The highest BCUT2D eigenvalue weighted by molar-refractivity contribution is 9.09. The number of hydrogen-bond acceptors (Lipinski definition) is 7. The Labute approximate surface area is 204 Å². The summed E-state index contributed by atoms with van der Waals surface area (Å²) in [6, 6.07) is 5.02. The molecule has 1 N–H and O–H groups in total. The molecule has 1 saturated heterocycles. The first-order valence-corrected chi connectivity index (χ1v) is 13.6. The molecule has 0 bridgehead atoms. The molecule has 1 fully saturated rings. The fraction of sp³-hybridized carbons (Fsp3) is 0.545. The van der Waals surface area contributed by atoms with Crippen LogP contribution in [0.1, 0.15) is 42.2 Å². The molecule has 0 spiro atoms. The lowest BCUT2D eigenvalue weighted by Gasteiger charge is -2.31. The average Bonchev–Trinajstić information content (AvgIpc) is 3.10. The summed E-state index contributed by atoms with van der Waals surface area (Å²) >= 11 is 3.67. The number of likely N-dealkylation sites (N-methyl/N-ethyl adjacent to an activating group) is 1. The van der Waals surface area contributed by atoms with Crippen molar-refractivity contribution >= 4 is 37.5 Å². The molecule has 9 nitrogen and oxygen atoms in total. The maximum absolute atomic E-state index is 13.4. The van der Waals surface area contributed by atoms with E-state index in [4.69, 9.17) is 9.73 Å². The van der Waals surface area contributed by atoms with Crippen LogP contribution in [0.5, 0.6) is 5.75 Å². The number of sulfonamides is 1. The van der Waals surface area contributed by atoms with Crippen LogP contribution < -0.4 is 10.1 Å². The summed E-state index contributed by atoms with van der Waals surface area (Å²) in [5.41, 5.74) is 3.45. The van der Waals surface area contributed by atoms with Crippen molar-refractivity contribution < 1.29 is 13.2 Å². The van der Waals surface area contributed by atoms with Gasteiger partial charge in [-0.2, -0.15) is 9.40 Å². The number of amidine groups is 1. The van der Waals surface area contributed by atoms with Crippen LogP contribution in [0.25, 0.3) is 0 Å². The number of benzene rings is 1. The lowest BCUT2D eigenvalue weighted by atomic mass is 10.1. The second-order valence-corrected chi connectivity index (χ2v) is 11.1. The molecule has 3 heterocycles. The Morgan fingerprint density at radius 1 is 1.18 bits per heavy atom. The van der Waals surface area contributed by atoms with Crippen molar-refractivity contribution in [3.63, 3.8) is 0 Å². The molecule has 0 aliphatic carbocycles. The number of rotatable bonds is 7. The highest BCUT2D eigenvalue weighted by atomic mass is 79.9. The summed E-state index contributed by atoms with van der Waals surface area (Å²) in [4.78, 5) is 6.85. The standard InChI is InChI=1S/C22H31BrN6O3S/c1-5-7-17-19-20(28(4)26-17)21(23)25-22(24-19)16-14-15(8-9-18(16)32-6-2)33(30,31)29-12-10-27(3)11-13-29/h8-9,14,21H,5-7,10-13H2,1-4H3,(H,24,25). The van der Waals surface area contributed by atoms with E-state index in [0.717, 1.165) is 29.9 Å². The van der Waals surface area contributed by atoms with Crippen molar-refractivity contribution in [2.24, 2.45) is 12.0 Å². The van der Waals surface area contributed by atoms with Gasteiger partial charge in [0.1, 0.15) is 11.6 Å². The Morgan fingerprint density at radius 3 is 2.58 bits per heavy atom. The van der Waals surface area contributed by atoms with Crippen LogP contribution >= 0.6 is 15.9 Å². The van der Waals surface area contributed by atoms with Crippen LogP contribution in [0.2, 0.25) is 0 Å². The molecule has 1 aromatic carbocycles. The van der Waals surface area contributed by atoms with Gasteiger partial charge in [-0.25, -0.2) is 13.4 Å². The molecule has 11 heteroatoms. The molecule has 1 atom stereocenters. The molecular formula is C22H31BrN6O3S. The van der Waals surface area contributed by atoms with Gasteiger partial charge >= 0.3 is 0 Å². The SMILES string of the molecule is CCCc1nn(C)c2c1NC(c1cc(S(=O)(=O)N3CCN(C)CC3)ccc1OCC)=NC2Br. The van der Waals surface area contributed by atoms with Gasteiger partial charge in [-0.1, -0.05) is 29.3 Å². The summed E-state index contributed by atoms with van der Waals surface area (Å²) in [7, 11) is 0.283. The minimum absolute atomic E-state index is 0.242. The van der Waals surface area contributed by atoms with Gasteiger partial charge in [0.2, 0.25) is 10.0 Å². The molecule has 2 aromatic rings. The Morgan fingerprint density at radius 2 is 1.91 bits per heavy atom. The number of ether oxygens (including phenoxy) is 1. The molecule has 33 heavy (non-hydrogen) atoms. The predicted molar refractivity (Wildman–Crippen MR) is 133 cm³/mol. The van der Waals surface area contributed by atoms with E-state index >= 15 is 0 Å². The number of piperazine rings is 1. The van der Waals surface area contributed by atoms with Crippen LogP contribution in [0.15, 0.2) is 28.1 Å². The molecule has 1 aromatic heterocycles. The Balaban J connectivity index is 1.74. The lowest BCUT2D eigenvalue weighted by Crippen LogP contribution is -2.47. The number of aliphatic imine (C=N–C) groups is 1. The molecule has 0 radical (unpaired) electrons. The molecular weight excluding hydrogens is 508 g/mol. The third-order valence-corrected chi connectivity index (χ3v) is 8.50. The van der Waals surface area contributed by atoms with Gasteiger partial charge in [-0.3, -0.25) is 4.68 Å². The first-order chi connectivity index (χ1) is 15.8. The second-order valence-electron chi connectivity index (χ2n) is 8.32. The zero-order valence-corrected chi connectivity index (χ0v) is 21.9. The van der Waals surface area contributed by atoms with Crippen LogP contribution in [-0.4, -0.2) is 73.1 Å². The third-order valence-electron chi connectivity index (χ3n) is 5.97. The minimum Gasteiger partial charge on any atom is -0.493 e. The van der Waals surface area contributed by atoms with Crippen LogP contribution in [0.4, 0.5) is 5.69 Å². The number of nitrogens with one attached hydrogen (secondary N) is 1. The van der Waals surface area contributed by atoms with E-state index < -0.39 is 10.0 Å². The van der Waals surface area contributed by atoms with Gasteiger partial charge in [0.15, 0.2) is 4.95 Å². The van der Waals surface area contributed by atoms with Gasteiger partial charge in [0.05, 0.1) is 34.1 Å². The van der Waals surface area contributed by atoms with Gasteiger partial charge in [0.25, 0.3) is 0 Å². The number of aryl methyl sites for hydroxylation is 2. The second kappa shape index (κ2) is 9.73. The monoisotopic (exact) mass is 538 g/mol. The molecule has 0 saturated carbocycles. The van der Waals surface area contributed by atoms with E-state index in [0.29, 0.717) is 49.9 Å². The van der Waals surface area contributed by atoms with E-state index in [2.05, 4.69) is 38.2 Å². The third kappa shape index (κ3) is 4.68. The molecule has 1 unspecified atom stereocenters. The topological polar surface area (TPSA) is 92.1 Å². The normalized spacial score (nSPS) is 19.7. The number of nitrogens with zero attached hydrogens (tertiary/aromatic N) is 5. The molecule has 0 amide bonds. The van der Waals surface area contributed by atoms with E-state index in [1.807, 2.05) is 25.7 Å². The van der Waals surface area contributed by atoms with E-state index in [1.165, 1.54) is 0 Å². The average molecular weight is 540 g/mol. The zero-order valence-electron chi connectivity index (χ0n) is 19.5. The van der Waals surface area contributed by atoms with Gasteiger partial charge in [-0.05, 0) is 38.6 Å². The maximum Gasteiger partial charge on any atom is 0.243 e. The summed E-state index contributed by atoms with van der Waals surface area (Å²) in [5.74, 6) is 1.15. The van der Waals surface area contributed by atoms with Gasteiger partial charge in [-0.15, -0.1) is 0 Å². The van der Waals surface area contributed by atoms with Crippen LogP contribution in [-0.2, 0) is 23.5 Å². The predicted octanol–water partition coefficient (Wildman–Crippen LogP) is 2.97. The minimum atomic E-state index is -3.62. The van der Waals surface area contributed by atoms with Crippen molar-refractivity contribution in [3.8, 4) is 5.75 Å².